The van der Waals surface area contributed by atoms with Crippen molar-refractivity contribution in [2.45, 2.75) is 0 Å². The van der Waals surface area contributed by atoms with Crippen molar-refractivity contribution in [3.8, 4) is 0 Å². The van der Waals surface area contributed by atoms with E-state index in [2.05, 4.69) is 5.32 Å². The first-order valence-corrected chi connectivity index (χ1v) is 9.89. The summed E-state index contributed by atoms with van der Waals surface area (Å²) in [6, 6.07) is 17.0. The summed E-state index contributed by atoms with van der Waals surface area (Å²) in [6.07, 6.45) is 3.14. The minimum atomic E-state index is -1.21. The highest BCUT2D eigenvalue weighted by atomic mass is 19.2. The zero-order valence-corrected chi connectivity index (χ0v) is 17.4. The predicted octanol–water partition coefficient (Wildman–Crippen LogP) is 4.54. The Morgan fingerprint density at radius 1 is 1.00 bits per heavy atom. The second-order valence-corrected chi connectivity index (χ2v) is 7.07. The smallest absolute Gasteiger partial charge is 0.258 e. The van der Waals surface area contributed by atoms with Crippen LogP contribution in [-0.4, -0.2) is 37.0 Å². The lowest BCUT2D eigenvalue weighted by Gasteiger charge is -2.17. The molecule has 0 atom stereocenters. The lowest BCUT2D eigenvalue weighted by Crippen LogP contribution is -2.20. The van der Waals surface area contributed by atoms with E-state index in [0.717, 1.165) is 17.3 Å². The molecule has 0 aliphatic heterocycles. The third kappa shape index (κ3) is 5.65. The van der Waals surface area contributed by atoms with Crippen LogP contribution in [0.4, 0.5) is 20.2 Å². The molecule has 0 heterocycles. The number of benzene rings is 3. The molecule has 0 fully saturated rings. The Hall–Kier alpha value is -3.84. The lowest BCUT2D eigenvalue weighted by atomic mass is 10.1. The minimum absolute atomic E-state index is 0.0663. The van der Waals surface area contributed by atoms with E-state index >= 15 is 0 Å². The molecular weight excluding hydrogens is 414 g/mol. The zero-order valence-electron chi connectivity index (χ0n) is 17.4. The van der Waals surface area contributed by atoms with Gasteiger partial charge >= 0.3 is 0 Å². The molecule has 3 aromatic carbocycles. The fourth-order valence-corrected chi connectivity index (χ4v) is 2.98. The largest absolute Gasteiger partial charge is 0.395 e. The quantitative estimate of drug-likeness (QED) is 0.402. The third-order valence-corrected chi connectivity index (χ3v) is 4.82. The highest BCUT2D eigenvalue weighted by molar-refractivity contribution is 6.08. The fourth-order valence-electron chi connectivity index (χ4n) is 2.98. The van der Waals surface area contributed by atoms with Crippen LogP contribution in [0.25, 0.3) is 6.08 Å². The van der Waals surface area contributed by atoms with Crippen LogP contribution in [0.3, 0.4) is 0 Å². The molecule has 0 spiro atoms. The molecule has 0 saturated heterocycles. The molecule has 0 saturated carbocycles. The van der Waals surface area contributed by atoms with E-state index in [0.29, 0.717) is 17.8 Å². The van der Waals surface area contributed by atoms with Gasteiger partial charge in [0, 0.05) is 30.5 Å². The number of amides is 1. The van der Waals surface area contributed by atoms with Gasteiger partial charge in [0.2, 0.25) is 0 Å². The number of carbonyl (C=O) groups excluding carboxylic acids is 2. The number of anilines is 2. The number of nitrogens with zero attached hydrogens (tertiary/aromatic N) is 1. The molecular formula is C25H22F2N2O3. The van der Waals surface area contributed by atoms with E-state index in [9.17, 15) is 18.4 Å². The molecule has 3 aromatic rings. The maximum absolute atomic E-state index is 13.7. The van der Waals surface area contributed by atoms with E-state index < -0.39 is 23.1 Å². The average molecular weight is 436 g/mol. The van der Waals surface area contributed by atoms with Gasteiger partial charge in [-0.05, 0) is 60.2 Å². The summed E-state index contributed by atoms with van der Waals surface area (Å²) in [6.45, 7) is 0.595. The highest BCUT2D eigenvalue weighted by Crippen LogP contribution is 2.17. The molecule has 2 N–H and O–H groups in total. The molecule has 1 amide bonds. The van der Waals surface area contributed by atoms with Crippen molar-refractivity contribution in [2.24, 2.45) is 0 Å². The van der Waals surface area contributed by atoms with Gasteiger partial charge in [0.15, 0.2) is 17.4 Å². The van der Waals surface area contributed by atoms with Gasteiger partial charge in [0.1, 0.15) is 0 Å². The van der Waals surface area contributed by atoms with E-state index in [1.54, 1.807) is 6.08 Å². The number of likely N-dealkylation sites (N-methyl/N-ethyl adjacent to an activating group) is 1. The monoisotopic (exact) mass is 436 g/mol. The number of hydrogen-bond acceptors (Lipinski definition) is 4. The van der Waals surface area contributed by atoms with E-state index in [4.69, 9.17) is 5.11 Å². The summed E-state index contributed by atoms with van der Waals surface area (Å²) in [5.41, 5.74) is 2.16. The van der Waals surface area contributed by atoms with E-state index in [-0.39, 0.29) is 12.4 Å². The molecule has 0 unspecified atom stereocenters. The molecule has 32 heavy (non-hydrogen) atoms. The first-order valence-electron chi connectivity index (χ1n) is 9.89. The molecule has 0 radical (unpaired) electrons. The topological polar surface area (TPSA) is 69.6 Å². The van der Waals surface area contributed by atoms with Crippen molar-refractivity contribution < 1.29 is 23.5 Å². The second kappa shape index (κ2) is 10.5. The number of carbonyl (C=O) groups is 2. The average Bonchev–Trinajstić information content (AvgIpc) is 2.80. The van der Waals surface area contributed by atoms with Crippen molar-refractivity contribution in [3.63, 3.8) is 0 Å². The number of aliphatic hydroxyl groups is 1. The number of ketones is 1. The Kier molecular flexibility index (Phi) is 7.46. The summed E-state index contributed by atoms with van der Waals surface area (Å²) >= 11 is 0. The van der Waals surface area contributed by atoms with Crippen molar-refractivity contribution >= 4 is 29.1 Å². The molecule has 7 heteroatoms. The van der Waals surface area contributed by atoms with Crippen molar-refractivity contribution in [3.05, 3.63) is 101 Å². The number of aliphatic hydroxyl groups excluding tert-OH is 1. The van der Waals surface area contributed by atoms with E-state index in [1.165, 1.54) is 42.5 Å². The van der Waals surface area contributed by atoms with Crippen molar-refractivity contribution in [1.82, 2.24) is 0 Å². The summed E-state index contributed by atoms with van der Waals surface area (Å²) in [5.74, 6) is -3.32. The van der Waals surface area contributed by atoms with Crippen LogP contribution in [0.5, 0.6) is 0 Å². The summed E-state index contributed by atoms with van der Waals surface area (Å²) < 4.78 is 27.0. The van der Waals surface area contributed by atoms with Crippen molar-refractivity contribution in [2.75, 3.05) is 30.4 Å². The highest BCUT2D eigenvalue weighted by Gasteiger charge is 2.15. The summed E-state index contributed by atoms with van der Waals surface area (Å²) in [7, 11) is 1.88. The van der Waals surface area contributed by atoms with Crippen LogP contribution in [0, 0.1) is 11.6 Å². The standard InChI is InChI=1S/C25H22F2N2O3/c1-29(15-16-30)20-12-5-17(6-13-20)7-14-23(31)18-8-10-19(11-9-18)28-25(32)21-3-2-4-22(26)24(21)27/h2-14,30H,15-16H2,1H3,(H,28,32)/b14-7+. The first-order chi connectivity index (χ1) is 15.4. The normalized spacial score (nSPS) is 10.9. The maximum Gasteiger partial charge on any atom is 0.258 e. The summed E-state index contributed by atoms with van der Waals surface area (Å²) in [5, 5.41) is 11.5. The van der Waals surface area contributed by atoms with Crippen LogP contribution >= 0.6 is 0 Å². The molecule has 0 aliphatic rings. The lowest BCUT2D eigenvalue weighted by molar-refractivity contribution is 0.102. The molecule has 5 nitrogen and oxygen atoms in total. The molecule has 3 rings (SSSR count). The number of allylic oxidation sites excluding steroid dienone is 1. The minimum Gasteiger partial charge on any atom is -0.395 e. The van der Waals surface area contributed by atoms with Crippen LogP contribution in [0.15, 0.2) is 72.8 Å². The van der Waals surface area contributed by atoms with Gasteiger partial charge in [-0.25, -0.2) is 8.78 Å². The van der Waals surface area contributed by atoms with Crippen molar-refractivity contribution in [1.29, 1.82) is 0 Å². The van der Waals surface area contributed by atoms with Crippen LogP contribution in [0.2, 0.25) is 0 Å². The van der Waals surface area contributed by atoms with Gasteiger partial charge in [-0.2, -0.15) is 0 Å². The van der Waals surface area contributed by atoms with Gasteiger partial charge in [0.05, 0.1) is 12.2 Å². The number of hydrogen-bond donors (Lipinski definition) is 2. The van der Waals surface area contributed by atoms with Crippen LogP contribution < -0.4 is 10.2 Å². The second-order valence-electron chi connectivity index (χ2n) is 7.07. The van der Waals surface area contributed by atoms with Gasteiger partial charge in [-0.3, -0.25) is 9.59 Å². The zero-order chi connectivity index (χ0) is 23.1. The Morgan fingerprint density at radius 3 is 2.34 bits per heavy atom. The fraction of sp³-hybridized carbons (Fsp3) is 0.120. The molecule has 164 valence electrons. The number of halogens is 2. The SMILES string of the molecule is CN(CCO)c1ccc(/C=C/C(=O)c2ccc(NC(=O)c3cccc(F)c3F)cc2)cc1. The summed E-state index contributed by atoms with van der Waals surface area (Å²) in [4.78, 5) is 26.5. The first kappa shape index (κ1) is 22.8. The molecule has 0 aromatic heterocycles. The Labute approximate surface area is 184 Å². The van der Waals surface area contributed by atoms with Gasteiger partial charge in [0.25, 0.3) is 5.91 Å². The van der Waals surface area contributed by atoms with Crippen LogP contribution in [0.1, 0.15) is 26.3 Å². The van der Waals surface area contributed by atoms with Gasteiger partial charge < -0.3 is 15.3 Å². The maximum atomic E-state index is 13.7. The number of nitrogens with one attached hydrogen (secondary N) is 1. The third-order valence-electron chi connectivity index (χ3n) is 4.82. The Morgan fingerprint density at radius 2 is 1.69 bits per heavy atom. The van der Waals surface area contributed by atoms with Crippen LogP contribution in [-0.2, 0) is 0 Å². The Balaban J connectivity index is 1.62. The predicted molar refractivity (Wildman–Crippen MR) is 121 cm³/mol. The van der Waals surface area contributed by atoms with E-state index in [1.807, 2.05) is 36.2 Å². The molecule has 0 aliphatic carbocycles. The number of rotatable bonds is 8. The molecule has 0 bridgehead atoms. The Bertz CT molecular complexity index is 1130. The van der Waals surface area contributed by atoms with Gasteiger partial charge in [-0.1, -0.05) is 24.3 Å². The van der Waals surface area contributed by atoms with Gasteiger partial charge in [-0.15, -0.1) is 0 Å².